The standard InChI is InChI=1S/C18H20ClN5O2/c1-3-23-15(8-10-20-23)13(2)22-18(25)16-9-11-21-24(16)12-26-17-7-5-4-6-14(17)19/h4-11,13H,3,12H2,1-2H3,(H,22,25). The minimum Gasteiger partial charge on any atom is -0.470 e. The number of nitrogens with one attached hydrogen (secondary N) is 1. The van der Waals surface area contributed by atoms with Gasteiger partial charge in [-0.3, -0.25) is 9.48 Å². The highest BCUT2D eigenvalue weighted by molar-refractivity contribution is 6.32. The Balaban J connectivity index is 1.67. The zero-order valence-electron chi connectivity index (χ0n) is 14.6. The Morgan fingerprint density at radius 3 is 2.69 bits per heavy atom. The first kappa shape index (κ1) is 18.0. The van der Waals surface area contributed by atoms with Crippen molar-refractivity contribution in [1.82, 2.24) is 24.9 Å². The molecule has 0 radical (unpaired) electrons. The predicted octanol–water partition coefficient (Wildman–Crippen LogP) is 3.28. The maximum absolute atomic E-state index is 12.6. The quantitative estimate of drug-likeness (QED) is 0.689. The average molecular weight is 374 g/mol. The summed E-state index contributed by atoms with van der Waals surface area (Å²) in [6.45, 7) is 4.75. The first-order valence-electron chi connectivity index (χ1n) is 8.32. The fraction of sp³-hybridized carbons (Fsp3) is 0.278. The van der Waals surface area contributed by atoms with Gasteiger partial charge in [-0.2, -0.15) is 10.2 Å². The fourth-order valence-corrected chi connectivity index (χ4v) is 2.83. The molecule has 1 unspecified atom stereocenters. The molecule has 1 amide bonds. The molecule has 1 atom stereocenters. The highest BCUT2D eigenvalue weighted by atomic mass is 35.5. The van der Waals surface area contributed by atoms with Gasteiger partial charge in [0, 0.05) is 18.9 Å². The van der Waals surface area contributed by atoms with Gasteiger partial charge in [0.15, 0.2) is 6.73 Å². The van der Waals surface area contributed by atoms with Crippen molar-refractivity contribution < 1.29 is 9.53 Å². The maximum atomic E-state index is 12.6. The van der Waals surface area contributed by atoms with Crippen LogP contribution in [0.1, 0.15) is 36.1 Å². The van der Waals surface area contributed by atoms with Crippen LogP contribution in [0.3, 0.4) is 0 Å². The van der Waals surface area contributed by atoms with Crippen molar-refractivity contribution in [2.45, 2.75) is 33.2 Å². The molecule has 2 heterocycles. The van der Waals surface area contributed by atoms with E-state index in [0.29, 0.717) is 16.5 Å². The molecule has 0 aliphatic carbocycles. The molecule has 0 spiro atoms. The molecule has 0 aliphatic rings. The van der Waals surface area contributed by atoms with Crippen LogP contribution in [-0.2, 0) is 13.3 Å². The molecular weight excluding hydrogens is 354 g/mol. The lowest BCUT2D eigenvalue weighted by Gasteiger charge is -2.16. The number of aryl methyl sites for hydroxylation is 1. The Morgan fingerprint density at radius 2 is 1.92 bits per heavy atom. The van der Waals surface area contributed by atoms with Gasteiger partial charge in [0.25, 0.3) is 5.91 Å². The Kier molecular flexibility index (Phi) is 5.58. The number of ether oxygens (including phenoxy) is 1. The van der Waals surface area contributed by atoms with E-state index in [2.05, 4.69) is 15.5 Å². The van der Waals surface area contributed by atoms with Gasteiger partial charge in [0.2, 0.25) is 0 Å². The Hall–Kier alpha value is -2.80. The number of hydrogen-bond donors (Lipinski definition) is 1. The lowest BCUT2D eigenvalue weighted by Crippen LogP contribution is -2.30. The van der Waals surface area contributed by atoms with Crippen LogP contribution >= 0.6 is 11.6 Å². The zero-order chi connectivity index (χ0) is 18.5. The largest absolute Gasteiger partial charge is 0.470 e. The SMILES string of the molecule is CCn1nccc1C(C)NC(=O)c1ccnn1COc1ccccc1Cl. The number of carbonyl (C=O) groups is 1. The van der Waals surface area contributed by atoms with Crippen LogP contribution in [0.15, 0.2) is 48.8 Å². The minimum absolute atomic E-state index is 0.0841. The molecule has 26 heavy (non-hydrogen) atoms. The van der Waals surface area contributed by atoms with E-state index in [-0.39, 0.29) is 18.7 Å². The summed E-state index contributed by atoms with van der Waals surface area (Å²) in [4.78, 5) is 12.6. The molecule has 0 bridgehead atoms. The molecule has 2 aromatic heterocycles. The number of para-hydroxylation sites is 1. The van der Waals surface area contributed by atoms with E-state index in [9.17, 15) is 4.79 Å². The van der Waals surface area contributed by atoms with E-state index in [1.807, 2.05) is 36.7 Å². The van der Waals surface area contributed by atoms with E-state index in [1.165, 1.54) is 4.68 Å². The van der Waals surface area contributed by atoms with Crippen molar-refractivity contribution >= 4 is 17.5 Å². The number of carbonyl (C=O) groups excluding carboxylic acids is 1. The molecular formula is C18H20ClN5O2. The number of nitrogens with zero attached hydrogens (tertiary/aromatic N) is 4. The van der Waals surface area contributed by atoms with Crippen LogP contribution in [0, 0.1) is 0 Å². The highest BCUT2D eigenvalue weighted by Crippen LogP contribution is 2.23. The number of aromatic nitrogens is 4. The number of rotatable bonds is 7. The molecule has 3 rings (SSSR count). The monoisotopic (exact) mass is 373 g/mol. The van der Waals surface area contributed by atoms with Crippen LogP contribution < -0.4 is 10.1 Å². The summed E-state index contributed by atoms with van der Waals surface area (Å²) in [5.74, 6) is 0.304. The highest BCUT2D eigenvalue weighted by Gasteiger charge is 2.18. The van der Waals surface area contributed by atoms with Gasteiger partial charge in [0.05, 0.1) is 16.8 Å². The Bertz CT molecular complexity index is 889. The molecule has 7 nitrogen and oxygen atoms in total. The van der Waals surface area contributed by atoms with Gasteiger partial charge < -0.3 is 10.1 Å². The zero-order valence-corrected chi connectivity index (χ0v) is 15.3. The average Bonchev–Trinajstić information content (AvgIpc) is 3.30. The lowest BCUT2D eigenvalue weighted by atomic mass is 10.2. The van der Waals surface area contributed by atoms with Crippen molar-refractivity contribution in [3.63, 3.8) is 0 Å². The summed E-state index contributed by atoms with van der Waals surface area (Å²) in [5.41, 5.74) is 1.35. The molecule has 3 aromatic rings. The molecule has 8 heteroatoms. The van der Waals surface area contributed by atoms with Gasteiger partial charge in [-0.25, -0.2) is 4.68 Å². The molecule has 1 N–H and O–H groups in total. The van der Waals surface area contributed by atoms with Crippen molar-refractivity contribution in [3.05, 3.63) is 65.2 Å². The summed E-state index contributed by atoms with van der Waals surface area (Å²) in [5, 5.41) is 11.9. The summed E-state index contributed by atoms with van der Waals surface area (Å²) in [6.07, 6.45) is 3.29. The summed E-state index contributed by atoms with van der Waals surface area (Å²) < 4.78 is 9.00. The van der Waals surface area contributed by atoms with Crippen molar-refractivity contribution in [1.29, 1.82) is 0 Å². The molecule has 1 aromatic carbocycles. The third-order valence-electron chi connectivity index (χ3n) is 3.97. The fourth-order valence-electron chi connectivity index (χ4n) is 2.64. The molecule has 0 saturated carbocycles. The van der Waals surface area contributed by atoms with Crippen LogP contribution in [0.2, 0.25) is 5.02 Å². The van der Waals surface area contributed by atoms with E-state index < -0.39 is 0 Å². The molecule has 0 aliphatic heterocycles. The molecule has 136 valence electrons. The van der Waals surface area contributed by atoms with Gasteiger partial charge in [-0.05, 0) is 38.1 Å². The normalized spacial score (nSPS) is 12.0. The second-order valence-corrected chi connectivity index (χ2v) is 6.09. The Labute approximate surface area is 156 Å². The maximum Gasteiger partial charge on any atom is 0.270 e. The van der Waals surface area contributed by atoms with E-state index in [0.717, 1.165) is 12.2 Å². The molecule has 0 fully saturated rings. The van der Waals surface area contributed by atoms with E-state index in [4.69, 9.17) is 16.3 Å². The van der Waals surface area contributed by atoms with E-state index >= 15 is 0 Å². The van der Waals surface area contributed by atoms with Crippen molar-refractivity contribution in [2.75, 3.05) is 0 Å². The lowest BCUT2D eigenvalue weighted by molar-refractivity contribution is 0.0917. The third-order valence-corrected chi connectivity index (χ3v) is 4.28. The Morgan fingerprint density at radius 1 is 1.19 bits per heavy atom. The number of benzene rings is 1. The number of halogens is 1. The second kappa shape index (κ2) is 8.05. The smallest absolute Gasteiger partial charge is 0.270 e. The number of hydrogen-bond acceptors (Lipinski definition) is 4. The van der Waals surface area contributed by atoms with Crippen molar-refractivity contribution in [3.8, 4) is 5.75 Å². The van der Waals surface area contributed by atoms with Crippen molar-refractivity contribution in [2.24, 2.45) is 0 Å². The van der Waals surface area contributed by atoms with E-state index in [1.54, 1.807) is 30.6 Å². The van der Waals surface area contributed by atoms with Gasteiger partial charge >= 0.3 is 0 Å². The van der Waals surface area contributed by atoms with Gasteiger partial charge in [-0.15, -0.1) is 0 Å². The number of amides is 1. The van der Waals surface area contributed by atoms with Gasteiger partial charge in [-0.1, -0.05) is 23.7 Å². The summed E-state index contributed by atoms with van der Waals surface area (Å²) in [7, 11) is 0. The predicted molar refractivity (Wildman–Crippen MR) is 98.1 cm³/mol. The summed E-state index contributed by atoms with van der Waals surface area (Å²) >= 11 is 6.08. The first-order chi connectivity index (χ1) is 12.6. The summed E-state index contributed by atoms with van der Waals surface area (Å²) in [6, 6.07) is 10.5. The minimum atomic E-state index is -0.235. The second-order valence-electron chi connectivity index (χ2n) is 5.69. The van der Waals surface area contributed by atoms with Crippen LogP contribution in [0.25, 0.3) is 0 Å². The first-order valence-corrected chi connectivity index (χ1v) is 8.69. The van der Waals surface area contributed by atoms with Crippen LogP contribution in [-0.4, -0.2) is 25.5 Å². The van der Waals surface area contributed by atoms with Crippen LogP contribution in [0.5, 0.6) is 5.75 Å². The third kappa shape index (κ3) is 3.88. The van der Waals surface area contributed by atoms with Gasteiger partial charge in [0.1, 0.15) is 11.4 Å². The van der Waals surface area contributed by atoms with Crippen LogP contribution in [0.4, 0.5) is 0 Å². The molecule has 0 saturated heterocycles. The topological polar surface area (TPSA) is 74.0 Å².